The van der Waals surface area contributed by atoms with Gasteiger partial charge in [0.1, 0.15) is 25.6 Å². The number of aromatic nitrogens is 1. The van der Waals surface area contributed by atoms with Crippen LogP contribution in [0.4, 0.5) is 15.8 Å². The Morgan fingerprint density at radius 1 is 0.912 bits per heavy atom. The van der Waals surface area contributed by atoms with E-state index in [1.165, 1.54) is 22.8 Å². The number of rotatable bonds is 6. The van der Waals surface area contributed by atoms with Crippen LogP contribution in [-0.2, 0) is 17.9 Å². The van der Waals surface area contributed by atoms with Gasteiger partial charge in [-0.15, -0.1) is 0 Å². The van der Waals surface area contributed by atoms with Crippen molar-refractivity contribution in [2.45, 2.75) is 13.1 Å². The van der Waals surface area contributed by atoms with E-state index in [1.807, 2.05) is 36.4 Å². The number of para-hydroxylation sites is 1. The molecule has 3 aromatic carbocycles. The standard InChI is InChI=1S/C26H22FN3O4/c27-19-5-4-8-21(13-19)29-25(31)16-30-22-14-24-23(33-9-10-34-24)12-17(22)11-18(26(30)32)15-28-20-6-2-1-3-7-20/h1-8,11-14,28H,9-10,15-16H2,(H,29,31). The van der Waals surface area contributed by atoms with Crippen molar-refractivity contribution in [3.63, 3.8) is 0 Å². The topological polar surface area (TPSA) is 81.6 Å². The summed E-state index contributed by atoms with van der Waals surface area (Å²) in [4.78, 5) is 26.2. The maximum Gasteiger partial charge on any atom is 0.256 e. The second-order valence-corrected chi connectivity index (χ2v) is 7.89. The third kappa shape index (κ3) is 4.56. The van der Waals surface area contributed by atoms with Crippen molar-refractivity contribution in [1.29, 1.82) is 0 Å². The lowest BCUT2D eigenvalue weighted by Crippen LogP contribution is -2.31. The molecular weight excluding hydrogens is 437 g/mol. The van der Waals surface area contributed by atoms with E-state index in [0.717, 1.165) is 11.1 Å². The van der Waals surface area contributed by atoms with Gasteiger partial charge in [0, 0.05) is 34.9 Å². The summed E-state index contributed by atoms with van der Waals surface area (Å²) in [6.07, 6.45) is 0. The highest BCUT2D eigenvalue weighted by atomic mass is 19.1. The van der Waals surface area contributed by atoms with Crippen LogP contribution < -0.4 is 25.7 Å². The molecular formula is C26H22FN3O4. The van der Waals surface area contributed by atoms with E-state index in [0.29, 0.717) is 41.5 Å². The van der Waals surface area contributed by atoms with Crippen molar-refractivity contribution in [2.24, 2.45) is 0 Å². The minimum absolute atomic E-state index is 0.245. The fraction of sp³-hybridized carbons (Fsp3) is 0.154. The Balaban J connectivity index is 1.52. The molecule has 0 spiro atoms. The minimum atomic E-state index is -0.460. The second kappa shape index (κ2) is 9.27. The Bertz CT molecular complexity index is 1420. The number of nitrogens with zero attached hydrogens (tertiary/aromatic N) is 1. The van der Waals surface area contributed by atoms with Gasteiger partial charge in [-0.1, -0.05) is 24.3 Å². The molecule has 172 valence electrons. The summed E-state index contributed by atoms with van der Waals surface area (Å²) in [7, 11) is 0. The van der Waals surface area contributed by atoms with Crippen LogP contribution in [-0.4, -0.2) is 23.7 Å². The van der Waals surface area contributed by atoms with Crippen LogP contribution in [0.15, 0.2) is 77.6 Å². The molecule has 4 aromatic rings. The van der Waals surface area contributed by atoms with Crippen LogP contribution in [0.5, 0.6) is 11.5 Å². The first kappa shape index (κ1) is 21.5. The van der Waals surface area contributed by atoms with Crippen LogP contribution in [0.1, 0.15) is 5.56 Å². The number of amides is 1. The number of nitrogens with one attached hydrogen (secondary N) is 2. The van der Waals surface area contributed by atoms with Gasteiger partial charge in [0.05, 0.1) is 5.52 Å². The normalized spacial score (nSPS) is 12.4. The van der Waals surface area contributed by atoms with Crippen LogP contribution in [0, 0.1) is 5.82 Å². The molecule has 0 unspecified atom stereocenters. The van der Waals surface area contributed by atoms with Crippen LogP contribution >= 0.6 is 0 Å². The molecule has 2 heterocycles. The number of hydrogen-bond acceptors (Lipinski definition) is 5. The third-order valence-corrected chi connectivity index (χ3v) is 5.50. The molecule has 0 fully saturated rings. The maximum atomic E-state index is 13.5. The van der Waals surface area contributed by atoms with Gasteiger partial charge in [0.2, 0.25) is 5.91 Å². The number of halogens is 1. The van der Waals surface area contributed by atoms with E-state index in [-0.39, 0.29) is 18.6 Å². The third-order valence-electron chi connectivity index (χ3n) is 5.50. The van der Waals surface area contributed by atoms with E-state index in [1.54, 1.807) is 18.2 Å². The first-order valence-electron chi connectivity index (χ1n) is 10.9. The molecule has 0 saturated heterocycles. The monoisotopic (exact) mass is 459 g/mol. The Morgan fingerprint density at radius 2 is 1.65 bits per heavy atom. The highest BCUT2D eigenvalue weighted by Gasteiger charge is 2.18. The Labute approximate surface area is 194 Å². The van der Waals surface area contributed by atoms with Gasteiger partial charge in [-0.2, -0.15) is 0 Å². The summed E-state index contributed by atoms with van der Waals surface area (Å²) in [5, 5.41) is 6.64. The fourth-order valence-electron chi connectivity index (χ4n) is 3.92. The molecule has 1 aliphatic rings. The molecule has 0 saturated carbocycles. The zero-order valence-electron chi connectivity index (χ0n) is 18.2. The van der Waals surface area contributed by atoms with Crippen molar-refractivity contribution in [3.8, 4) is 11.5 Å². The predicted molar refractivity (Wildman–Crippen MR) is 128 cm³/mol. The Hall–Kier alpha value is -4.33. The summed E-state index contributed by atoms with van der Waals surface area (Å²) in [5.74, 6) is 0.206. The van der Waals surface area contributed by atoms with Gasteiger partial charge >= 0.3 is 0 Å². The number of carbonyl (C=O) groups excluding carboxylic acids is 1. The van der Waals surface area contributed by atoms with Crippen molar-refractivity contribution in [3.05, 3.63) is 94.5 Å². The van der Waals surface area contributed by atoms with Crippen LogP contribution in [0.3, 0.4) is 0 Å². The first-order valence-corrected chi connectivity index (χ1v) is 10.9. The van der Waals surface area contributed by atoms with Crippen molar-refractivity contribution in [1.82, 2.24) is 4.57 Å². The molecule has 0 aliphatic carbocycles. The quantitative estimate of drug-likeness (QED) is 0.453. The van der Waals surface area contributed by atoms with Gasteiger partial charge in [-0.25, -0.2) is 4.39 Å². The lowest BCUT2D eigenvalue weighted by atomic mass is 10.1. The van der Waals surface area contributed by atoms with Gasteiger partial charge in [-0.3, -0.25) is 14.2 Å². The van der Waals surface area contributed by atoms with E-state index in [9.17, 15) is 14.0 Å². The molecule has 0 atom stereocenters. The Morgan fingerprint density at radius 3 is 2.41 bits per heavy atom. The zero-order valence-corrected chi connectivity index (χ0v) is 18.2. The SMILES string of the molecule is O=C(Cn1c(=O)c(CNc2ccccc2)cc2cc3c(cc21)OCCO3)Nc1cccc(F)c1. The summed E-state index contributed by atoms with van der Waals surface area (Å²) in [6.45, 7) is 0.877. The summed E-state index contributed by atoms with van der Waals surface area (Å²) < 4.78 is 26.3. The lowest BCUT2D eigenvalue weighted by Gasteiger charge is -2.21. The molecule has 8 heteroatoms. The van der Waals surface area contributed by atoms with E-state index in [4.69, 9.17) is 9.47 Å². The van der Waals surface area contributed by atoms with Gasteiger partial charge in [0.25, 0.3) is 5.56 Å². The fourth-order valence-corrected chi connectivity index (χ4v) is 3.92. The van der Waals surface area contributed by atoms with Gasteiger partial charge < -0.3 is 20.1 Å². The maximum absolute atomic E-state index is 13.5. The number of benzene rings is 3. The lowest BCUT2D eigenvalue weighted by molar-refractivity contribution is -0.116. The van der Waals surface area contributed by atoms with Gasteiger partial charge in [-0.05, 0) is 42.5 Å². The van der Waals surface area contributed by atoms with Crippen molar-refractivity contribution >= 4 is 28.2 Å². The van der Waals surface area contributed by atoms with E-state index < -0.39 is 11.7 Å². The number of carbonyl (C=O) groups is 1. The molecule has 5 rings (SSSR count). The molecule has 0 bridgehead atoms. The van der Waals surface area contributed by atoms with Crippen LogP contribution in [0.2, 0.25) is 0 Å². The van der Waals surface area contributed by atoms with Crippen molar-refractivity contribution < 1.29 is 18.7 Å². The number of pyridine rings is 1. The molecule has 7 nitrogen and oxygen atoms in total. The number of ether oxygens (including phenoxy) is 2. The number of fused-ring (bicyclic) bond motifs is 2. The Kier molecular flexibility index (Phi) is 5.86. The molecule has 1 amide bonds. The molecule has 1 aliphatic heterocycles. The zero-order chi connectivity index (χ0) is 23.5. The average molecular weight is 459 g/mol. The predicted octanol–water partition coefficient (Wildman–Crippen LogP) is 4.16. The summed E-state index contributed by atoms with van der Waals surface area (Å²) in [5.41, 5.74) is 1.93. The largest absolute Gasteiger partial charge is 0.486 e. The summed E-state index contributed by atoms with van der Waals surface area (Å²) in [6, 6.07) is 20.5. The first-order chi connectivity index (χ1) is 16.6. The van der Waals surface area contributed by atoms with Crippen LogP contribution in [0.25, 0.3) is 10.9 Å². The second-order valence-electron chi connectivity index (χ2n) is 7.89. The van der Waals surface area contributed by atoms with Gasteiger partial charge in [0.15, 0.2) is 11.5 Å². The highest BCUT2D eigenvalue weighted by molar-refractivity contribution is 5.92. The molecule has 0 radical (unpaired) electrons. The molecule has 34 heavy (non-hydrogen) atoms. The van der Waals surface area contributed by atoms with E-state index in [2.05, 4.69) is 10.6 Å². The minimum Gasteiger partial charge on any atom is -0.486 e. The van der Waals surface area contributed by atoms with Crippen molar-refractivity contribution in [2.75, 3.05) is 23.8 Å². The molecule has 2 N–H and O–H groups in total. The van der Waals surface area contributed by atoms with E-state index >= 15 is 0 Å². The smallest absolute Gasteiger partial charge is 0.256 e. The number of hydrogen-bond donors (Lipinski definition) is 2. The highest BCUT2D eigenvalue weighted by Crippen LogP contribution is 2.34. The molecule has 1 aromatic heterocycles. The summed E-state index contributed by atoms with van der Waals surface area (Å²) >= 11 is 0. The number of anilines is 2. The average Bonchev–Trinajstić information content (AvgIpc) is 2.84.